The predicted molar refractivity (Wildman–Crippen MR) is 88.8 cm³/mol. The Bertz CT molecular complexity index is 561. The van der Waals surface area contributed by atoms with Gasteiger partial charge in [-0.05, 0) is 25.2 Å². The molecular weight excluding hydrogens is 276 g/mol. The number of hydrogen-bond donors (Lipinski definition) is 1. The zero-order chi connectivity index (χ0) is 16.5. The van der Waals surface area contributed by atoms with Crippen LogP contribution in [0.1, 0.15) is 69.6 Å². The molecule has 1 fully saturated rings. The summed E-state index contributed by atoms with van der Waals surface area (Å²) in [6.45, 7) is 8.46. The Morgan fingerprint density at radius 3 is 2.23 bits per heavy atom. The molecule has 0 aromatic heterocycles. The predicted octanol–water partition coefficient (Wildman–Crippen LogP) is 4.59. The summed E-state index contributed by atoms with van der Waals surface area (Å²) in [7, 11) is 1.65. The number of aryl methyl sites for hydroxylation is 1. The molecule has 0 bridgehead atoms. The van der Waals surface area contributed by atoms with Crippen molar-refractivity contribution in [3.05, 3.63) is 28.8 Å². The van der Waals surface area contributed by atoms with Crippen LogP contribution < -0.4 is 4.74 Å². The van der Waals surface area contributed by atoms with Crippen molar-refractivity contribution < 1.29 is 14.6 Å². The molecule has 1 aromatic rings. The fourth-order valence-electron chi connectivity index (χ4n) is 3.66. The first kappa shape index (κ1) is 16.9. The van der Waals surface area contributed by atoms with Crippen LogP contribution in [-0.2, 0) is 15.6 Å². The van der Waals surface area contributed by atoms with E-state index in [-0.39, 0.29) is 5.41 Å². The van der Waals surface area contributed by atoms with Crippen molar-refractivity contribution in [3.63, 3.8) is 0 Å². The highest BCUT2D eigenvalue weighted by Crippen LogP contribution is 2.47. The fourth-order valence-corrected chi connectivity index (χ4v) is 3.66. The molecule has 122 valence electrons. The normalized spacial score (nSPS) is 18.0. The first-order chi connectivity index (χ1) is 10.2. The van der Waals surface area contributed by atoms with Gasteiger partial charge in [-0.3, -0.25) is 4.79 Å². The first-order valence-corrected chi connectivity index (χ1v) is 8.15. The maximum Gasteiger partial charge on any atom is 0.314 e. The second-order valence-corrected chi connectivity index (χ2v) is 7.59. The number of rotatable bonds is 3. The highest BCUT2D eigenvalue weighted by Gasteiger charge is 2.44. The van der Waals surface area contributed by atoms with Crippen LogP contribution in [0.15, 0.2) is 12.1 Å². The van der Waals surface area contributed by atoms with Gasteiger partial charge in [-0.25, -0.2) is 0 Å². The number of aliphatic carboxylic acids is 1. The summed E-state index contributed by atoms with van der Waals surface area (Å²) in [5.74, 6) is 0.0540. The van der Waals surface area contributed by atoms with Crippen LogP contribution in [0.2, 0.25) is 0 Å². The topological polar surface area (TPSA) is 46.5 Å². The quantitative estimate of drug-likeness (QED) is 0.888. The van der Waals surface area contributed by atoms with E-state index >= 15 is 0 Å². The lowest BCUT2D eigenvalue weighted by atomic mass is 9.67. The van der Waals surface area contributed by atoms with Gasteiger partial charge in [-0.1, -0.05) is 57.7 Å². The largest absolute Gasteiger partial charge is 0.496 e. The summed E-state index contributed by atoms with van der Waals surface area (Å²) in [6, 6.07) is 4.15. The third-order valence-corrected chi connectivity index (χ3v) is 4.88. The second kappa shape index (κ2) is 5.94. The van der Waals surface area contributed by atoms with E-state index in [0.717, 1.165) is 41.7 Å². The number of carboxylic acids is 1. The molecule has 0 radical (unpaired) electrons. The molecule has 3 heteroatoms. The van der Waals surface area contributed by atoms with Crippen molar-refractivity contribution in [3.8, 4) is 5.75 Å². The van der Waals surface area contributed by atoms with Crippen LogP contribution in [0.25, 0.3) is 0 Å². The van der Waals surface area contributed by atoms with E-state index in [9.17, 15) is 9.90 Å². The lowest BCUT2D eigenvalue weighted by Crippen LogP contribution is -2.38. The Balaban J connectivity index is 2.72. The van der Waals surface area contributed by atoms with Crippen LogP contribution in [-0.4, -0.2) is 18.2 Å². The molecule has 1 aromatic carbocycles. The summed E-state index contributed by atoms with van der Waals surface area (Å²) < 4.78 is 5.72. The average Bonchev–Trinajstić information content (AvgIpc) is 2.46. The molecule has 22 heavy (non-hydrogen) atoms. The zero-order valence-corrected chi connectivity index (χ0v) is 14.5. The van der Waals surface area contributed by atoms with Crippen molar-refractivity contribution in [1.82, 2.24) is 0 Å². The molecule has 0 heterocycles. The standard InChI is InChI=1S/C19H28O3/c1-13-11-14(18(2,3)4)16(22-5)15(12-13)19(17(20)21)9-7-6-8-10-19/h11-12H,6-10H2,1-5H3,(H,20,21). The zero-order valence-electron chi connectivity index (χ0n) is 14.5. The van der Waals surface area contributed by atoms with Crippen LogP contribution in [0.3, 0.4) is 0 Å². The summed E-state index contributed by atoms with van der Waals surface area (Å²) in [5, 5.41) is 9.99. The van der Waals surface area contributed by atoms with Crippen LogP contribution >= 0.6 is 0 Å². The van der Waals surface area contributed by atoms with Crippen molar-refractivity contribution >= 4 is 5.97 Å². The van der Waals surface area contributed by atoms with E-state index < -0.39 is 11.4 Å². The SMILES string of the molecule is COc1c(C(C)(C)C)cc(C)cc1C1(C(=O)O)CCCCC1. The van der Waals surface area contributed by atoms with Crippen LogP contribution in [0.4, 0.5) is 0 Å². The lowest BCUT2D eigenvalue weighted by molar-refractivity contribution is -0.145. The molecule has 1 saturated carbocycles. The molecular formula is C19H28O3. The van der Waals surface area contributed by atoms with Gasteiger partial charge in [-0.2, -0.15) is 0 Å². The molecule has 0 unspecified atom stereocenters. The molecule has 1 N–H and O–H groups in total. The molecule has 1 aliphatic carbocycles. The molecule has 0 saturated heterocycles. The monoisotopic (exact) mass is 304 g/mol. The second-order valence-electron chi connectivity index (χ2n) is 7.59. The molecule has 0 atom stereocenters. The van der Waals surface area contributed by atoms with E-state index in [4.69, 9.17) is 4.74 Å². The molecule has 0 amide bonds. The van der Waals surface area contributed by atoms with Gasteiger partial charge in [0.2, 0.25) is 0 Å². The van der Waals surface area contributed by atoms with E-state index in [1.165, 1.54) is 0 Å². The van der Waals surface area contributed by atoms with E-state index in [0.29, 0.717) is 12.8 Å². The average molecular weight is 304 g/mol. The maximum absolute atomic E-state index is 12.2. The number of hydrogen-bond acceptors (Lipinski definition) is 2. The Morgan fingerprint density at radius 2 is 1.77 bits per heavy atom. The summed E-state index contributed by atoms with van der Waals surface area (Å²) >= 11 is 0. The summed E-state index contributed by atoms with van der Waals surface area (Å²) in [4.78, 5) is 12.2. The van der Waals surface area contributed by atoms with Crippen LogP contribution in [0.5, 0.6) is 5.75 Å². The minimum atomic E-state index is -0.796. The Kier molecular flexibility index (Phi) is 4.55. The number of carboxylic acid groups (broad SMARTS) is 1. The Morgan fingerprint density at radius 1 is 1.18 bits per heavy atom. The fraction of sp³-hybridized carbons (Fsp3) is 0.632. The van der Waals surface area contributed by atoms with Gasteiger partial charge >= 0.3 is 5.97 Å². The molecule has 0 aliphatic heterocycles. The van der Waals surface area contributed by atoms with E-state index in [1.54, 1.807) is 7.11 Å². The Hall–Kier alpha value is -1.51. The van der Waals surface area contributed by atoms with E-state index in [1.807, 2.05) is 13.0 Å². The maximum atomic E-state index is 12.2. The number of benzene rings is 1. The first-order valence-electron chi connectivity index (χ1n) is 8.15. The van der Waals surface area contributed by atoms with Gasteiger partial charge in [0.25, 0.3) is 0 Å². The number of carbonyl (C=O) groups is 1. The third-order valence-electron chi connectivity index (χ3n) is 4.88. The summed E-state index contributed by atoms with van der Waals surface area (Å²) in [6.07, 6.45) is 4.45. The van der Waals surface area contributed by atoms with Gasteiger partial charge < -0.3 is 9.84 Å². The van der Waals surface area contributed by atoms with Gasteiger partial charge in [0.05, 0.1) is 12.5 Å². The molecule has 0 spiro atoms. The highest BCUT2D eigenvalue weighted by molar-refractivity contribution is 5.83. The molecule has 1 aliphatic rings. The minimum Gasteiger partial charge on any atom is -0.496 e. The van der Waals surface area contributed by atoms with Gasteiger partial charge in [0.1, 0.15) is 5.75 Å². The minimum absolute atomic E-state index is 0.0829. The van der Waals surface area contributed by atoms with Crippen molar-refractivity contribution in [2.45, 2.75) is 70.6 Å². The van der Waals surface area contributed by atoms with Crippen molar-refractivity contribution in [2.24, 2.45) is 0 Å². The van der Waals surface area contributed by atoms with E-state index in [2.05, 4.69) is 26.8 Å². The summed E-state index contributed by atoms with van der Waals surface area (Å²) in [5.41, 5.74) is 2.19. The molecule has 2 rings (SSSR count). The van der Waals surface area contributed by atoms with Crippen molar-refractivity contribution in [2.75, 3.05) is 7.11 Å². The van der Waals surface area contributed by atoms with Crippen LogP contribution in [0, 0.1) is 6.92 Å². The van der Waals surface area contributed by atoms with Gasteiger partial charge in [0.15, 0.2) is 0 Å². The number of methoxy groups -OCH3 is 1. The third kappa shape index (κ3) is 2.86. The van der Waals surface area contributed by atoms with Gasteiger partial charge in [-0.15, -0.1) is 0 Å². The van der Waals surface area contributed by atoms with Crippen molar-refractivity contribution in [1.29, 1.82) is 0 Å². The highest BCUT2D eigenvalue weighted by atomic mass is 16.5. The lowest BCUT2D eigenvalue weighted by Gasteiger charge is -2.36. The smallest absolute Gasteiger partial charge is 0.314 e. The molecule has 3 nitrogen and oxygen atoms in total. The number of ether oxygens (including phenoxy) is 1. The van der Waals surface area contributed by atoms with Gasteiger partial charge in [0, 0.05) is 11.1 Å². The Labute approximate surface area is 133 Å².